The molecule has 0 spiro atoms. The molecule has 2 aromatic carbocycles. The van der Waals surface area contributed by atoms with Crippen LogP contribution in [-0.2, 0) is 0 Å². The van der Waals surface area contributed by atoms with E-state index in [9.17, 15) is 0 Å². The van der Waals surface area contributed by atoms with Crippen molar-refractivity contribution in [1.82, 2.24) is 9.55 Å². The Bertz CT molecular complexity index is 1130. The molecule has 154 valence electrons. The van der Waals surface area contributed by atoms with E-state index in [0.717, 1.165) is 17.1 Å². The number of aliphatic imine (C=N–C) groups is 1. The number of rotatable bonds is 7. The number of aromatic nitrogens is 2. The van der Waals surface area contributed by atoms with Gasteiger partial charge in [0.25, 0.3) is 0 Å². The fraction of sp³-hybridized carbons (Fsp3) is 0.0909. The molecular formula is C22H21Cl2N5O. The molecule has 3 aromatic rings. The fourth-order valence-corrected chi connectivity index (χ4v) is 3.22. The summed E-state index contributed by atoms with van der Waals surface area (Å²) in [4.78, 5) is 8.77. The first-order valence-corrected chi connectivity index (χ1v) is 9.74. The van der Waals surface area contributed by atoms with Crippen molar-refractivity contribution in [3.63, 3.8) is 0 Å². The lowest BCUT2D eigenvalue weighted by atomic mass is 10.1. The van der Waals surface area contributed by atoms with Crippen LogP contribution in [-0.4, -0.2) is 22.4 Å². The first kappa shape index (κ1) is 21.5. The average molecular weight is 442 g/mol. The molecule has 3 rings (SSSR count). The summed E-state index contributed by atoms with van der Waals surface area (Å²) in [7, 11) is 1.62. The number of halogens is 2. The molecule has 3 N–H and O–H groups in total. The van der Waals surface area contributed by atoms with E-state index in [0.29, 0.717) is 32.9 Å². The highest BCUT2D eigenvalue weighted by atomic mass is 35.5. The third-order valence-electron chi connectivity index (χ3n) is 4.17. The van der Waals surface area contributed by atoms with Gasteiger partial charge in [0.15, 0.2) is 0 Å². The Morgan fingerprint density at radius 3 is 2.73 bits per heavy atom. The number of nitrogens with one attached hydrogen (secondary N) is 1. The van der Waals surface area contributed by atoms with Gasteiger partial charge < -0.3 is 20.4 Å². The summed E-state index contributed by atoms with van der Waals surface area (Å²) in [5, 5.41) is 4.20. The lowest BCUT2D eigenvalue weighted by Crippen LogP contribution is -2.04. The van der Waals surface area contributed by atoms with Gasteiger partial charge in [-0.1, -0.05) is 29.8 Å². The topological polar surface area (TPSA) is 77.5 Å². The Labute approximate surface area is 185 Å². The highest BCUT2D eigenvalue weighted by Gasteiger charge is 2.10. The van der Waals surface area contributed by atoms with E-state index in [1.165, 1.54) is 6.20 Å². The maximum absolute atomic E-state index is 6.30. The molecule has 0 amide bonds. The molecule has 0 saturated heterocycles. The summed E-state index contributed by atoms with van der Waals surface area (Å²) in [6.07, 6.45) is 6.68. The van der Waals surface area contributed by atoms with Crippen molar-refractivity contribution in [1.29, 1.82) is 0 Å². The second kappa shape index (κ2) is 9.52. The predicted octanol–water partition coefficient (Wildman–Crippen LogP) is 5.34. The van der Waals surface area contributed by atoms with Gasteiger partial charge in [-0.3, -0.25) is 0 Å². The van der Waals surface area contributed by atoms with Crippen molar-refractivity contribution in [3.8, 4) is 11.4 Å². The first-order valence-electron chi connectivity index (χ1n) is 8.98. The minimum atomic E-state index is 0.396. The second-order valence-corrected chi connectivity index (χ2v) is 7.20. The zero-order valence-electron chi connectivity index (χ0n) is 16.6. The zero-order chi connectivity index (χ0) is 21.7. The number of nitrogens with two attached hydrogens (primary N) is 1. The molecule has 0 fully saturated rings. The van der Waals surface area contributed by atoms with Crippen LogP contribution in [0.25, 0.3) is 5.69 Å². The predicted molar refractivity (Wildman–Crippen MR) is 124 cm³/mol. The Morgan fingerprint density at radius 2 is 2.07 bits per heavy atom. The van der Waals surface area contributed by atoms with Crippen LogP contribution in [0.1, 0.15) is 11.3 Å². The number of ether oxygens (including phenoxy) is 1. The van der Waals surface area contributed by atoms with E-state index in [-0.39, 0.29) is 0 Å². The van der Waals surface area contributed by atoms with Gasteiger partial charge in [0, 0.05) is 28.5 Å². The number of nitrogens with zero attached hydrogens (tertiary/aromatic N) is 3. The van der Waals surface area contributed by atoms with Gasteiger partial charge >= 0.3 is 0 Å². The molecule has 0 aliphatic heterocycles. The smallest absolute Gasteiger partial charge is 0.144 e. The summed E-state index contributed by atoms with van der Waals surface area (Å²) >= 11 is 12.4. The minimum Gasteiger partial charge on any atom is -0.494 e. The van der Waals surface area contributed by atoms with Crippen molar-refractivity contribution < 1.29 is 4.74 Å². The quantitative estimate of drug-likeness (QED) is 0.484. The number of imidazole rings is 1. The van der Waals surface area contributed by atoms with E-state index in [4.69, 9.17) is 33.7 Å². The van der Waals surface area contributed by atoms with Gasteiger partial charge in [0.2, 0.25) is 0 Å². The first-order chi connectivity index (χ1) is 14.4. The van der Waals surface area contributed by atoms with Gasteiger partial charge in [-0.25, -0.2) is 9.98 Å². The van der Waals surface area contributed by atoms with Crippen LogP contribution in [0.3, 0.4) is 0 Å². The number of hydrogen-bond donors (Lipinski definition) is 2. The summed E-state index contributed by atoms with van der Waals surface area (Å²) < 4.78 is 7.43. The molecule has 1 heterocycles. The summed E-state index contributed by atoms with van der Waals surface area (Å²) in [6, 6.07) is 10.8. The molecule has 0 aliphatic carbocycles. The largest absolute Gasteiger partial charge is 0.494 e. The molecule has 30 heavy (non-hydrogen) atoms. The number of benzene rings is 2. The van der Waals surface area contributed by atoms with Gasteiger partial charge in [0.05, 0.1) is 35.6 Å². The molecule has 0 unspecified atom stereocenters. The van der Waals surface area contributed by atoms with Crippen LogP contribution in [0.15, 0.2) is 78.6 Å². The van der Waals surface area contributed by atoms with Crippen LogP contribution in [0.4, 0.5) is 5.69 Å². The zero-order valence-corrected chi connectivity index (χ0v) is 18.1. The van der Waals surface area contributed by atoms with Crippen LogP contribution in [0.5, 0.6) is 5.75 Å². The second-order valence-electron chi connectivity index (χ2n) is 6.36. The summed E-state index contributed by atoms with van der Waals surface area (Å²) in [6.45, 7) is 5.91. The monoisotopic (exact) mass is 441 g/mol. The molecular weight excluding hydrogens is 421 g/mol. The third kappa shape index (κ3) is 5.03. The molecule has 0 atom stereocenters. The Balaban J connectivity index is 1.87. The van der Waals surface area contributed by atoms with E-state index < -0.39 is 0 Å². The highest BCUT2D eigenvalue weighted by Crippen LogP contribution is 2.28. The molecule has 0 radical (unpaired) electrons. The van der Waals surface area contributed by atoms with Crippen LogP contribution >= 0.6 is 23.2 Å². The molecule has 0 bridgehead atoms. The number of allylic oxidation sites excluding steroid dienone is 1. The van der Waals surface area contributed by atoms with E-state index >= 15 is 0 Å². The van der Waals surface area contributed by atoms with E-state index in [2.05, 4.69) is 21.9 Å². The number of anilines is 1. The molecule has 8 heteroatoms. The van der Waals surface area contributed by atoms with Crippen molar-refractivity contribution in [3.05, 3.63) is 94.9 Å². The van der Waals surface area contributed by atoms with Crippen LogP contribution < -0.4 is 15.8 Å². The normalized spacial score (nSPS) is 11.7. The Hall–Kier alpha value is -3.22. The van der Waals surface area contributed by atoms with Crippen molar-refractivity contribution >= 4 is 34.6 Å². The lowest BCUT2D eigenvalue weighted by molar-refractivity contribution is 0.413. The molecule has 0 saturated carbocycles. The molecule has 6 nitrogen and oxygen atoms in total. The van der Waals surface area contributed by atoms with Gasteiger partial charge in [-0.05, 0) is 49.5 Å². The lowest BCUT2D eigenvalue weighted by Gasteiger charge is -2.13. The minimum absolute atomic E-state index is 0.396. The van der Waals surface area contributed by atoms with E-state index in [1.54, 1.807) is 37.7 Å². The van der Waals surface area contributed by atoms with Crippen LogP contribution in [0, 0.1) is 6.92 Å². The van der Waals surface area contributed by atoms with E-state index in [1.807, 2.05) is 35.9 Å². The maximum Gasteiger partial charge on any atom is 0.144 e. The van der Waals surface area contributed by atoms with Crippen molar-refractivity contribution in [2.75, 3.05) is 12.4 Å². The molecule has 1 aromatic heterocycles. The fourth-order valence-electron chi connectivity index (χ4n) is 2.83. The number of aryl methyl sites for hydroxylation is 1. The summed E-state index contributed by atoms with van der Waals surface area (Å²) in [5.74, 6) is 1.07. The van der Waals surface area contributed by atoms with Gasteiger partial charge in [-0.15, -0.1) is 0 Å². The maximum atomic E-state index is 6.30. The highest BCUT2D eigenvalue weighted by molar-refractivity contribution is 6.36. The SMILES string of the molecule is C=C(N=C(/C=C\N)c1cc(Cl)ccc1Cl)Nc1ccc(-n2cnc(C)c2)c(OC)c1. The molecule has 0 aliphatic rings. The van der Waals surface area contributed by atoms with Gasteiger partial charge in [0.1, 0.15) is 11.6 Å². The Morgan fingerprint density at radius 1 is 1.27 bits per heavy atom. The third-order valence-corrected chi connectivity index (χ3v) is 4.74. The standard InChI is InChI=1S/C22H21Cl2N5O/c1-14-12-29(13-26-14)21-7-5-17(11-22(21)30-3)27-15(2)28-20(8-9-25)18-10-16(23)4-6-19(18)24/h4-13,27H,2,25H2,1,3H3/b9-8-,28-20?. The summed E-state index contributed by atoms with van der Waals surface area (Å²) in [5.41, 5.74) is 9.31. The van der Waals surface area contributed by atoms with Gasteiger partial charge in [-0.2, -0.15) is 0 Å². The number of hydrogen-bond acceptors (Lipinski definition) is 5. The average Bonchev–Trinajstić information content (AvgIpc) is 3.15. The number of methoxy groups -OCH3 is 1. The Kier molecular flexibility index (Phi) is 6.82. The van der Waals surface area contributed by atoms with Crippen molar-refractivity contribution in [2.24, 2.45) is 10.7 Å². The van der Waals surface area contributed by atoms with Crippen molar-refractivity contribution in [2.45, 2.75) is 6.92 Å². The van der Waals surface area contributed by atoms with Crippen LogP contribution in [0.2, 0.25) is 10.0 Å².